The number of piperazine rings is 1. The van der Waals surface area contributed by atoms with Crippen molar-refractivity contribution >= 4 is 28.9 Å². The molecule has 2 aliphatic carbocycles. The van der Waals surface area contributed by atoms with E-state index < -0.39 is 17.8 Å². The zero-order valence-electron chi connectivity index (χ0n) is 21.9. The molecule has 5 nitrogen and oxygen atoms in total. The van der Waals surface area contributed by atoms with Crippen molar-refractivity contribution < 1.29 is 22.8 Å². The van der Waals surface area contributed by atoms with E-state index in [4.69, 9.17) is 16.4 Å². The van der Waals surface area contributed by atoms with Gasteiger partial charge in [-0.25, -0.2) is 0 Å². The van der Waals surface area contributed by atoms with Crippen LogP contribution in [-0.2, 0) is 27.8 Å². The second-order valence-electron chi connectivity index (χ2n) is 12.0. The molecule has 4 unspecified atom stereocenters. The molecule has 1 N–H and O–H groups in total. The van der Waals surface area contributed by atoms with Crippen LogP contribution in [0.3, 0.4) is 0 Å². The molecule has 3 fully saturated rings. The van der Waals surface area contributed by atoms with Crippen LogP contribution in [0, 0.1) is 17.3 Å². The van der Waals surface area contributed by atoms with Gasteiger partial charge in [0.25, 0.3) is 0 Å². The van der Waals surface area contributed by atoms with E-state index >= 15 is 0 Å². The van der Waals surface area contributed by atoms with E-state index in [-0.39, 0.29) is 27.4 Å². The second-order valence-corrected chi connectivity index (χ2v) is 12.4. The molecule has 4 aliphatic rings. The van der Waals surface area contributed by atoms with E-state index in [1.807, 2.05) is 9.96 Å². The van der Waals surface area contributed by atoms with Gasteiger partial charge in [-0.1, -0.05) is 63.1 Å². The quantitative estimate of drug-likeness (QED) is 0.466. The summed E-state index contributed by atoms with van der Waals surface area (Å²) in [6, 6.07) is 10.2. The van der Waals surface area contributed by atoms with Crippen molar-refractivity contribution in [3.63, 3.8) is 0 Å². The average molecular weight is 548 g/mol. The number of alkyl halides is 3. The van der Waals surface area contributed by atoms with E-state index in [0.29, 0.717) is 43.8 Å². The normalized spacial score (nSPS) is 30.2. The first-order chi connectivity index (χ1) is 17.9. The summed E-state index contributed by atoms with van der Waals surface area (Å²) in [5, 5.41) is 4.08. The zero-order valence-corrected chi connectivity index (χ0v) is 22.6. The van der Waals surface area contributed by atoms with E-state index in [1.165, 1.54) is 36.5 Å². The van der Waals surface area contributed by atoms with Gasteiger partial charge in [-0.05, 0) is 53.4 Å². The fourth-order valence-electron chi connectivity index (χ4n) is 7.69. The molecule has 2 saturated carbocycles. The summed E-state index contributed by atoms with van der Waals surface area (Å²) in [4.78, 5) is 21.0. The molecule has 2 heterocycles. The number of benzene rings is 2. The number of halogens is 4. The molecule has 1 amide bonds. The van der Waals surface area contributed by atoms with Gasteiger partial charge in [0.2, 0.25) is 5.91 Å². The van der Waals surface area contributed by atoms with Gasteiger partial charge in [0.15, 0.2) is 0 Å². The van der Waals surface area contributed by atoms with Gasteiger partial charge >= 0.3 is 6.18 Å². The highest BCUT2D eigenvalue weighted by molar-refractivity contribution is 6.32. The van der Waals surface area contributed by atoms with Crippen LogP contribution in [0.25, 0.3) is 0 Å². The third-order valence-corrected chi connectivity index (χ3v) is 9.97. The standard InChI is InChI=1S/C29H33ClF3N3O2/c1-17-8-9-25-27(2,3)28(25,14-17)19-7-5-4-6-18(19)16-38-35-10-11-36-23-13-21(30)20(29(31,32)33)12-22(23)34-26(37)24(36)15-35/h4-7,12-13,17,24-25H,8-11,14-16H2,1-3H3,(H,34,37). The zero-order chi connectivity index (χ0) is 27.0. The van der Waals surface area contributed by atoms with E-state index in [9.17, 15) is 18.0 Å². The van der Waals surface area contributed by atoms with Crippen molar-refractivity contribution in [1.82, 2.24) is 5.06 Å². The molecule has 6 rings (SSSR count). The summed E-state index contributed by atoms with van der Waals surface area (Å²) < 4.78 is 40.0. The minimum Gasteiger partial charge on any atom is -0.355 e. The lowest BCUT2D eigenvalue weighted by atomic mass is 9.74. The minimum absolute atomic E-state index is 0.133. The van der Waals surface area contributed by atoms with Crippen LogP contribution in [0.2, 0.25) is 5.02 Å². The molecule has 0 aromatic heterocycles. The first-order valence-corrected chi connectivity index (χ1v) is 13.8. The van der Waals surface area contributed by atoms with Crippen molar-refractivity contribution in [3.8, 4) is 0 Å². The summed E-state index contributed by atoms with van der Waals surface area (Å²) >= 11 is 5.99. The van der Waals surface area contributed by atoms with Crippen LogP contribution in [-0.4, -0.2) is 36.6 Å². The summed E-state index contributed by atoms with van der Waals surface area (Å²) in [5.74, 6) is 1.04. The van der Waals surface area contributed by atoms with Crippen LogP contribution in [0.4, 0.5) is 24.5 Å². The fourth-order valence-corrected chi connectivity index (χ4v) is 7.96. The molecule has 38 heavy (non-hydrogen) atoms. The predicted molar refractivity (Wildman–Crippen MR) is 141 cm³/mol. The maximum atomic E-state index is 13.3. The smallest absolute Gasteiger partial charge is 0.355 e. The first kappa shape index (κ1) is 26.0. The lowest BCUT2D eigenvalue weighted by Crippen LogP contribution is -2.59. The molecule has 2 aromatic carbocycles. The lowest BCUT2D eigenvalue weighted by molar-refractivity contribution is -0.179. The molecule has 204 valence electrons. The second kappa shape index (κ2) is 8.86. The van der Waals surface area contributed by atoms with Crippen molar-refractivity contribution in [3.05, 3.63) is 58.1 Å². The number of fused-ring (bicyclic) bond motifs is 4. The van der Waals surface area contributed by atoms with E-state index in [0.717, 1.165) is 6.07 Å². The highest BCUT2D eigenvalue weighted by atomic mass is 35.5. The summed E-state index contributed by atoms with van der Waals surface area (Å²) in [6.07, 6.45) is -0.853. The van der Waals surface area contributed by atoms with Crippen molar-refractivity contribution in [2.24, 2.45) is 17.3 Å². The Morgan fingerprint density at radius 2 is 1.92 bits per heavy atom. The Morgan fingerprint density at radius 3 is 2.68 bits per heavy atom. The third kappa shape index (κ3) is 3.94. The molecule has 0 spiro atoms. The number of nitrogens with one attached hydrogen (secondary N) is 1. The van der Waals surface area contributed by atoms with E-state index in [1.54, 1.807) is 0 Å². The van der Waals surface area contributed by atoms with E-state index in [2.05, 4.69) is 50.4 Å². The van der Waals surface area contributed by atoms with Crippen molar-refractivity contribution in [1.29, 1.82) is 0 Å². The van der Waals surface area contributed by atoms with Gasteiger partial charge in [-0.3, -0.25) is 9.63 Å². The topological polar surface area (TPSA) is 44.8 Å². The summed E-state index contributed by atoms with van der Waals surface area (Å²) in [5.41, 5.74) is 2.71. The maximum Gasteiger partial charge on any atom is 0.417 e. The largest absolute Gasteiger partial charge is 0.417 e. The van der Waals surface area contributed by atoms with Gasteiger partial charge in [0.05, 0.1) is 35.1 Å². The Kier molecular flexibility index (Phi) is 6.05. The summed E-state index contributed by atoms with van der Waals surface area (Å²) in [7, 11) is 0. The molecule has 0 radical (unpaired) electrons. The number of carbonyl (C=O) groups is 1. The number of hydrogen-bond donors (Lipinski definition) is 1. The Hall–Kier alpha value is -2.29. The maximum absolute atomic E-state index is 13.3. The number of hydroxylamine groups is 2. The van der Waals surface area contributed by atoms with Gasteiger partial charge in [-0.15, -0.1) is 0 Å². The Balaban J connectivity index is 1.18. The van der Waals surface area contributed by atoms with Crippen LogP contribution in [0.15, 0.2) is 36.4 Å². The average Bonchev–Trinajstić information content (AvgIpc) is 3.36. The molecule has 4 atom stereocenters. The number of nitrogens with zero attached hydrogens (tertiary/aromatic N) is 2. The summed E-state index contributed by atoms with van der Waals surface area (Å²) in [6.45, 7) is 8.83. The van der Waals surface area contributed by atoms with Crippen LogP contribution in [0.5, 0.6) is 0 Å². The number of anilines is 2. The SMILES string of the molecule is CC1CCC2C(C)(C)C2(c2ccccc2CON2CCN3c4cc(Cl)c(C(F)(F)F)cc4NC(=O)C3C2)C1. The molecule has 2 aliphatic heterocycles. The number of hydrogen-bond acceptors (Lipinski definition) is 4. The van der Waals surface area contributed by atoms with Gasteiger partial charge in [0, 0.05) is 18.5 Å². The number of rotatable bonds is 4. The molecule has 1 saturated heterocycles. The third-order valence-electron chi connectivity index (χ3n) is 9.66. The Bertz CT molecular complexity index is 1280. The highest BCUT2D eigenvalue weighted by Crippen LogP contribution is 2.76. The molecular weight excluding hydrogens is 515 g/mol. The van der Waals surface area contributed by atoms with Gasteiger partial charge in [-0.2, -0.15) is 18.2 Å². The predicted octanol–water partition coefficient (Wildman–Crippen LogP) is 6.65. The van der Waals surface area contributed by atoms with Crippen LogP contribution >= 0.6 is 11.6 Å². The molecule has 2 aromatic rings. The van der Waals surface area contributed by atoms with Crippen molar-refractivity contribution in [2.75, 3.05) is 29.9 Å². The molecule has 9 heteroatoms. The minimum atomic E-state index is -4.60. The fraction of sp³-hybridized carbons (Fsp3) is 0.552. The lowest BCUT2D eigenvalue weighted by Gasteiger charge is -2.44. The number of amides is 1. The highest BCUT2D eigenvalue weighted by Gasteiger charge is 2.72. The first-order valence-electron chi connectivity index (χ1n) is 13.4. The van der Waals surface area contributed by atoms with Crippen LogP contribution < -0.4 is 10.2 Å². The molecule has 0 bridgehead atoms. The molecular formula is C29H33ClF3N3O2. The Morgan fingerprint density at radius 1 is 1.16 bits per heavy atom. The van der Waals surface area contributed by atoms with Gasteiger partial charge in [0.1, 0.15) is 6.04 Å². The monoisotopic (exact) mass is 547 g/mol. The van der Waals surface area contributed by atoms with Crippen molar-refractivity contribution in [2.45, 2.75) is 64.3 Å². The van der Waals surface area contributed by atoms with Crippen LogP contribution in [0.1, 0.15) is 56.7 Å². The Labute approximate surface area is 226 Å². The van der Waals surface area contributed by atoms with Gasteiger partial charge < -0.3 is 10.2 Å². The number of carbonyl (C=O) groups excluding carboxylic acids is 1.